The van der Waals surface area contributed by atoms with E-state index in [9.17, 15) is 0 Å². The summed E-state index contributed by atoms with van der Waals surface area (Å²) in [5, 5.41) is 0. The van der Waals surface area contributed by atoms with Crippen LogP contribution in [0, 0.1) is 5.92 Å². The van der Waals surface area contributed by atoms with E-state index in [0.717, 1.165) is 18.0 Å². The summed E-state index contributed by atoms with van der Waals surface area (Å²) in [6.45, 7) is 5.54. The molecule has 2 N–H and O–H groups in total. The number of pyridine rings is 1. The van der Waals surface area contributed by atoms with Gasteiger partial charge in [-0.3, -0.25) is 4.98 Å². The summed E-state index contributed by atoms with van der Waals surface area (Å²) in [6, 6.07) is 3.60. The van der Waals surface area contributed by atoms with Gasteiger partial charge in [0.25, 0.3) is 0 Å². The zero-order valence-corrected chi connectivity index (χ0v) is 8.16. The third-order valence-electron chi connectivity index (χ3n) is 1.54. The fraction of sp³-hybridized carbons (Fsp3) is 0.500. The molecule has 1 rings (SSSR count). The number of rotatable bonds is 4. The summed E-state index contributed by atoms with van der Waals surface area (Å²) in [5.41, 5.74) is 7.22. The normalized spacial score (nSPS) is 10.7. The Kier molecular flexibility index (Phi) is 3.71. The molecule has 0 unspecified atom stereocenters. The number of ether oxygens (including phenoxy) is 1. The van der Waals surface area contributed by atoms with Crippen molar-refractivity contribution in [2.75, 3.05) is 12.3 Å². The van der Waals surface area contributed by atoms with E-state index >= 15 is 0 Å². The first-order valence-electron chi connectivity index (χ1n) is 4.46. The summed E-state index contributed by atoms with van der Waals surface area (Å²) >= 11 is 0. The fourth-order valence-corrected chi connectivity index (χ4v) is 0.975. The van der Waals surface area contributed by atoms with Gasteiger partial charge in [0.05, 0.1) is 12.3 Å². The Balaban J connectivity index is 2.37. The standard InChI is InChI=1S/C10H16N2O/c1-8(2)6-13-7-10-5-9(11)3-4-12-10/h3-5,8H,6-7H2,1-2H3,(H2,11,12). The Morgan fingerprint density at radius 3 is 2.92 bits per heavy atom. The van der Waals surface area contributed by atoms with Gasteiger partial charge in [-0.1, -0.05) is 13.8 Å². The van der Waals surface area contributed by atoms with Crippen LogP contribution in [0.5, 0.6) is 0 Å². The molecule has 3 heteroatoms. The highest BCUT2D eigenvalue weighted by atomic mass is 16.5. The van der Waals surface area contributed by atoms with Crippen LogP contribution in [0.2, 0.25) is 0 Å². The summed E-state index contributed by atoms with van der Waals surface area (Å²) in [6.07, 6.45) is 1.70. The van der Waals surface area contributed by atoms with E-state index in [4.69, 9.17) is 10.5 Å². The predicted molar refractivity (Wildman–Crippen MR) is 53.1 cm³/mol. The summed E-state index contributed by atoms with van der Waals surface area (Å²) in [7, 11) is 0. The highest BCUT2D eigenvalue weighted by Crippen LogP contribution is 2.04. The number of anilines is 1. The average molecular weight is 180 g/mol. The van der Waals surface area contributed by atoms with Gasteiger partial charge in [-0.25, -0.2) is 0 Å². The van der Waals surface area contributed by atoms with Crippen LogP contribution in [0.1, 0.15) is 19.5 Å². The number of nitrogens with two attached hydrogens (primary N) is 1. The molecule has 1 aromatic heterocycles. The zero-order valence-electron chi connectivity index (χ0n) is 8.16. The molecular formula is C10H16N2O. The van der Waals surface area contributed by atoms with Gasteiger partial charge in [0.15, 0.2) is 0 Å². The van der Waals surface area contributed by atoms with Crippen LogP contribution >= 0.6 is 0 Å². The third-order valence-corrected chi connectivity index (χ3v) is 1.54. The van der Waals surface area contributed by atoms with E-state index in [1.54, 1.807) is 12.3 Å². The van der Waals surface area contributed by atoms with Gasteiger partial charge in [-0.2, -0.15) is 0 Å². The molecule has 1 heterocycles. The molecule has 0 aliphatic heterocycles. The Labute approximate surface area is 78.9 Å². The minimum absolute atomic E-state index is 0.545. The van der Waals surface area contributed by atoms with Crippen molar-refractivity contribution in [1.82, 2.24) is 4.98 Å². The highest BCUT2D eigenvalue weighted by Gasteiger charge is 1.97. The third kappa shape index (κ3) is 3.90. The molecular weight excluding hydrogens is 164 g/mol. The van der Waals surface area contributed by atoms with Crippen LogP contribution in [0.4, 0.5) is 5.69 Å². The molecule has 0 atom stereocenters. The smallest absolute Gasteiger partial charge is 0.0888 e. The minimum Gasteiger partial charge on any atom is -0.399 e. The largest absolute Gasteiger partial charge is 0.399 e. The Morgan fingerprint density at radius 2 is 2.31 bits per heavy atom. The second-order valence-corrected chi connectivity index (χ2v) is 3.49. The molecule has 0 bridgehead atoms. The van der Waals surface area contributed by atoms with Crippen molar-refractivity contribution in [3.05, 3.63) is 24.0 Å². The van der Waals surface area contributed by atoms with Crippen LogP contribution in [-0.2, 0) is 11.3 Å². The fourth-order valence-electron chi connectivity index (χ4n) is 0.975. The van der Waals surface area contributed by atoms with Gasteiger partial charge in [0.1, 0.15) is 0 Å². The van der Waals surface area contributed by atoms with E-state index in [0.29, 0.717) is 12.5 Å². The van der Waals surface area contributed by atoms with Gasteiger partial charge < -0.3 is 10.5 Å². The molecule has 0 spiro atoms. The molecule has 0 fully saturated rings. The second kappa shape index (κ2) is 4.82. The van der Waals surface area contributed by atoms with Crippen LogP contribution in [0.3, 0.4) is 0 Å². The highest BCUT2D eigenvalue weighted by molar-refractivity contribution is 5.36. The SMILES string of the molecule is CC(C)COCc1cc(N)ccn1. The van der Waals surface area contributed by atoms with Gasteiger partial charge in [-0.15, -0.1) is 0 Å². The van der Waals surface area contributed by atoms with Crippen molar-refractivity contribution >= 4 is 5.69 Å². The Bertz CT molecular complexity index is 261. The lowest BCUT2D eigenvalue weighted by molar-refractivity contribution is 0.0948. The van der Waals surface area contributed by atoms with Gasteiger partial charge in [0.2, 0.25) is 0 Å². The van der Waals surface area contributed by atoms with Crippen molar-refractivity contribution in [2.24, 2.45) is 5.92 Å². The van der Waals surface area contributed by atoms with Crippen LogP contribution < -0.4 is 5.73 Å². The molecule has 0 radical (unpaired) electrons. The predicted octanol–water partition coefficient (Wildman–Crippen LogP) is 1.84. The van der Waals surface area contributed by atoms with E-state index < -0.39 is 0 Å². The number of nitrogens with zero attached hydrogens (tertiary/aromatic N) is 1. The summed E-state index contributed by atoms with van der Waals surface area (Å²) in [4.78, 5) is 4.13. The minimum atomic E-state index is 0.545. The maximum absolute atomic E-state index is 5.59. The zero-order chi connectivity index (χ0) is 9.68. The average Bonchev–Trinajstić information content (AvgIpc) is 2.03. The van der Waals surface area contributed by atoms with Crippen LogP contribution in [-0.4, -0.2) is 11.6 Å². The lowest BCUT2D eigenvalue weighted by Crippen LogP contribution is -2.03. The van der Waals surface area contributed by atoms with Crippen LogP contribution in [0.25, 0.3) is 0 Å². The van der Waals surface area contributed by atoms with E-state index in [2.05, 4.69) is 18.8 Å². The molecule has 13 heavy (non-hydrogen) atoms. The Morgan fingerprint density at radius 1 is 1.54 bits per heavy atom. The first-order chi connectivity index (χ1) is 6.18. The number of nitrogen functional groups attached to an aromatic ring is 1. The van der Waals surface area contributed by atoms with Gasteiger partial charge >= 0.3 is 0 Å². The lowest BCUT2D eigenvalue weighted by Gasteiger charge is -2.06. The van der Waals surface area contributed by atoms with Gasteiger partial charge in [0, 0.05) is 18.5 Å². The molecule has 0 amide bonds. The molecule has 0 aliphatic carbocycles. The molecule has 0 aromatic carbocycles. The molecule has 0 saturated heterocycles. The molecule has 0 saturated carbocycles. The monoisotopic (exact) mass is 180 g/mol. The maximum Gasteiger partial charge on any atom is 0.0888 e. The number of hydrogen-bond donors (Lipinski definition) is 1. The van der Waals surface area contributed by atoms with Crippen molar-refractivity contribution in [3.8, 4) is 0 Å². The Hall–Kier alpha value is -1.09. The summed E-state index contributed by atoms with van der Waals surface area (Å²) < 4.78 is 5.42. The molecule has 0 aliphatic rings. The first-order valence-corrected chi connectivity index (χ1v) is 4.46. The second-order valence-electron chi connectivity index (χ2n) is 3.49. The van der Waals surface area contributed by atoms with Crippen LogP contribution in [0.15, 0.2) is 18.3 Å². The van der Waals surface area contributed by atoms with E-state index in [1.165, 1.54) is 0 Å². The summed E-state index contributed by atoms with van der Waals surface area (Å²) in [5.74, 6) is 0.557. The number of hydrogen-bond acceptors (Lipinski definition) is 3. The van der Waals surface area contributed by atoms with E-state index in [-0.39, 0.29) is 0 Å². The van der Waals surface area contributed by atoms with Gasteiger partial charge in [-0.05, 0) is 18.1 Å². The quantitative estimate of drug-likeness (QED) is 0.769. The van der Waals surface area contributed by atoms with Crippen molar-refractivity contribution in [2.45, 2.75) is 20.5 Å². The van der Waals surface area contributed by atoms with Crippen molar-refractivity contribution < 1.29 is 4.74 Å². The first kappa shape index (κ1) is 9.99. The topological polar surface area (TPSA) is 48.1 Å². The molecule has 72 valence electrons. The maximum atomic E-state index is 5.59. The van der Waals surface area contributed by atoms with Crippen molar-refractivity contribution in [1.29, 1.82) is 0 Å². The van der Waals surface area contributed by atoms with E-state index in [1.807, 2.05) is 6.07 Å². The number of aromatic nitrogens is 1. The lowest BCUT2D eigenvalue weighted by atomic mass is 10.2. The van der Waals surface area contributed by atoms with Crippen molar-refractivity contribution in [3.63, 3.8) is 0 Å². The molecule has 3 nitrogen and oxygen atoms in total. The molecule has 1 aromatic rings.